The summed E-state index contributed by atoms with van der Waals surface area (Å²) in [5, 5.41) is 13.5. The van der Waals surface area contributed by atoms with Crippen molar-refractivity contribution in [2.24, 2.45) is 0 Å². The maximum absolute atomic E-state index is 8.72. The Morgan fingerprint density at radius 2 is 2.06 bits per heavy atom. The highest BCUT2D eigenvalue weighted by atomic mass is 35.5. The number of nitrogens with one attached hydrogen (secondary N) is 1. The highest BCUT2D eigenvalue weighted by molar-refractivity contribution is 6.35. The lowest BCUT2D eigenvalue weighted by atomic mass is 10.0. The van der Waals surface area contributed by atoms with Gasteiger partial charge in [0.15, 0.2) is 0 Å². The number of halogens is 2. The second-order valence-electron chi connectivity index (χ2n) is 4.01. The number of aliphatic hydroxyl groups is 1. The third-order valence-electron chi connectivity index (χ3n) is 2.72. The van der Waals surface area contributed by atoms with Crippen LogP contribution in [0, 0.1) is 0 Å². The van der Waals surface area contributed by atoms with Crippen molar-refractivity contribution in [2.75, 3.05) is 13.2 Å². The summed E-state index contributed by atoms with van der Waals surface area (Å²) < 4.78 is 0. The lowest BCUT2D eigenvalue weighted by Gasteiger charge is -2.18. The highest BCUT2D eigenvalue weighted by Gasteiger charge is 2.12. The summed E-state index contributed by atoms with van der Waals surface area (Å²) in [4.78, 5) is 0. The molecule has 0 aliphatic rings. The van der Waals surface area contributed by atoms with Crippen LogP contribution in [0.4, 0.5) is 0 Å². The second kappa shape index (κ2) is 7.93. The number of benzene rings is 1. The number of rotatable bonds is 7. The third kappa shape index (κ3) is 4.84. The molecule has 1 aromatic carbocycles. The van der Waals surface area contributed by atoms with Crippen LogP contribution in [0.1, 0.15) is 37.8 Å². The topological polar surface area (TPSA) is 32.3 Å². The molecule has 0 radical (unpaired) electrons. The first kappa shape index (κ1) is 14.8. The molecule has 0 aromatic heterocycles. The van der Waals surface area contributed by atoms with Crippen molar-refractivity contribution < 1.29 is 5.11 Å². The molecule has 17 heavy (non-hydrogen) atoms. The van der Waals surface area contributed by atoms with Crippen molar-refractivity contribution in [3.8, 4) is 0 Å². The van der Waals surface area contributed by atoms with Crippen molar-refractivity contribution >= 4 is 23.2 Å². The van der Waals surface area contributed by atoms with Crippen LogP contribution in [0.25, 0.3) is 0 Å². The van der Waals surface area contributed by atoms with E-state index in [0.717, 1.165) is 31.4 Å². The van der Waals surface area contributed by atoms with Gasteiger partial charge in [-0.25, -0.2) is 0 Å². The quantitative estimate of drug-likeness (QED) is 0.742. The average Bonchev–Trinajstić information content (AvgIpc) is 2.31. The normalized spacial score (nSPS) is 12.7. The monoisotopic (exact) mass is 275 g/mol. The Kier molecular flexibility index (Phi) is 6.90. The molecule has 1 rings (SSSR count). The van der Waals surface area contributed by atoms with Crippen LogP contribution in [0.15, 0.2) is 18.2 Å². The molecule has 0 amide bonds. The molecule has 0 saturated carbocycles. The number of aliphatic hydroxyl groups excluding tert-OH is 1. The van der Waals surface area contributed by atoms with Gasteiger partial charge in [0.25, 0.3) is 0 Å². The summed E-state index contributed by atoms with van der Waals surface area (Å²) in [7, 11) is 0. The average molecular weight is 276 g/mol. The van der Waals surface area contributed by atoms with Gasteiger partial charge in [-0.2, -0.15) is 0 Å². The van der Waals surface area contributed by atoms with Gasteiger partial charge in [-0.1, -0.05) is 36.2 Å². The van der Waals surface area contributed by atoms with Crippen LogP contribution < -0.4 is 5.32 Å². The van der Waals surface area contributed by atoms with Gasteiger partial charge >= 0.3 is 0 Å². The van der Waals surface area contributed by atoms with E-state index in [4.69, 9.17) is 28.3 Å². The molecule has 1 aromatic rings. The lowest BCUT2D eigenvalue weighted by molar-refractivity contribution is 0.282. The molecule has 0 spiro atoms. The lowest BCUT2D eigenvalue weighted by Crippen LogP contribution is -2.22. The van der Waals surface area contributed by atoms with Gasteiger partial charge in [0.05, 0.1) is 0 Å². The Hall–Kier alpha value is -0.280. The second-order valence-corrected chi connectivity index (χ2v) is 4.86. The van der Waals surface area contributed by atoms with Gasteiger partial charge in [0.1, 0.15) is 0 Å². The van der Waals surface area contributed by atoms with Crippen LogP contribution in [0.2, 0.25) is 10.0 Å². The van der Waals surface area contributed by atoms with Gasteiger partial charge in [-0.05, 0) is 43.5 Å². The van der Waals surface area contributed by atoms with Gasteiger partial charge < -0.3 is 10.4 Å². The maximum Gasteiger partial charge on any atom is 0.0468 e. The molecule has 0 aliphatic carbocycles. The van der Waals surface area contributed by atoms with Crippen molar-refractivity contribution in [2.45, 2.75) is 32.2 Å². The summed E-state index contributed by atoms with van der Waals surface area (Å²) in [6.07, 6.45) is 2.77. The van der Waals surface area contributed by atoms with Crippen molar-refractivity contribution in [3.63, 3.8) is 0 Å². The summed E-state index contributed by atoms with van der Waals surface area (Å²) in [5.41, 5.74) is 1.09. The van der Waals surface area contributed by atoms with Gasteiger partial charge in [0.2, 0.25) is 0 Å². The first-order chi connectivity index (χ1) is 8.19. The van der Waals surface area contributed by atoms with E-state index in [-0.39, 0.29) is 12.6 Å². The zero-order chi connectivity index (χ0) is 12.7. The van der Waals surface area contributed by atoms with Gasteiger partial charge in [-0.3, -0.25) is 0 Å². The molecule has 96 valence electrons. The van der Waals surface area contributed by atoms with E-state index in [1.54, 1.807) is 6.07 Å². The van der Waals surface area contributed by atoms with Crippen LogP contribution in [-0.2, 0) is 0 Å². The van der Waals surface area contributed by atoms with Crippen molar-refractivity contribution in [3.05, 3.63) is 33.8 Å². The molecule has 2 nitrogen and oxygen atoms in total. The van der Waals surface area contributed by atoms with E-state index in [0.29, 0.717) is 10.0 Å². The summed E-state index contributed by atoms with van der Waals surface area (Å²) in [6.45, 7) is 3.26. The summed E-state index contributed by atoms with van der Waals surface area (Å²) >= 11 is 12.1. The molecular weight excluding hydrogens is 257 g/mol. The zero-order valence-corrected chi connectivity index (χ0v) is 11.6. The van der Waals surface area contributed by atoms with Crippen LogP contribution >= 0.6 is 23.2 Å². The van der Waals surface area contributed by atoms with E-state index in [2.05, 4.69) is 12.2 Å². The minimum Gasteiger partial charge on any atom is -0.396 e. The fourth-order valence-corrected chi connectivity index (χ4v) is 2.31. The fourth-order valence-electron chi connectivity index (χ4n) is 1.77. The number of hydrogen-bond donors (Lipinski definition) is 2. The van der Waals surface area contributed by atoms with E-state index < -0.39 is 0 Å². The summed E-state index contributed by atoms with van der Waals surface area (Å²) in [5.74, 6) is 0. The Balaban J connectivity index is 2.59. The van der Waals surface area contributed by atoms with Crippen LogP contribution in [0.3, 0.4) is 0 Å². The van der Waals surface area contributed by atoms with E-state index in [1.165, 1.54) is 0 Å². The first-order valence-electron chi connectivity index (χ1n) is 5.98. The van der Waals surface area contributed by atoms with Crippen molar-refractivity contribution in [1.82, 2.24) is 5.32 Å². The molecule has 0 bridgehead atoms. The first-order valence-corrected chi connectivity index (χ1v) is 6.73. The molecule has 4 heteroatoms. The highest BCUT2D eigenvalue weighted by Crippen LogP contribution is 2.27. The smallest absolute Gasteiger partial charge is 0.0468 e. The predicted octanol–water partition coefficient (Wildman–Crippen LogP) is 3.81. The Morgan fingerprint density at radius 1 is 1.29 bits per heavy atom. The summed E-state index contributed by atoms with van der Waals surface area (Å²) in [6, 6.07) is 5.85. The molecule has 0 aliphatic heterocycles. The number of unbranched alkanes of at least 4 members (excludes halogenated alkanes) is 1. The molecule has 0 fully saturated rings. The van der Waals surface area contributed by atoms with Crippen molar-refractivity contribution in [1.29, 1.82) is 0 Å². The number of hydrogen-bond acceptors (Lipinski definition) is 2. The van der Waals surface area contributed by atoms with E-state index >= 15 is 0 Å². The Labute approximate surface area is 113 Å². The Morgan fingerprint density at radius 3 is 2.65 bits per heavy atom. The van der Waals surface area contributed by atoms with E-state index in [1.807, 2.05) is 12.1 Å². The largest absolute Gasteiger partial charge is 0.396 e. The fraction of sp³-hybridized carbons (Fsp3) is 0.538. The molecule has 0 saturated heterocycles. The Bertz CT molecular complexity index is 344. The molecular formula is C13H19Cl2NO. The van der Waals surface area contributed by atoms with Crippen LogP contribution in [0.5, 0.6) is 0 Å². The van der Waals surface area contributed by atoms with E-state index in [9.17, 15) is 0 Å². The predicted molar refractivity (Wildman–Crippen MR) is 73.8 cm³/mol. The minimum absolute atomic E-state index is 0.249. The van der Waals surface area contributed by atoms with Crippen LogP contribution in [-0.4, -0.2) is 18.3 Å². The third-order valence-corrected chi connectivity index (χ3v) is 3.28. The SMILES string of the molecule is CCC(NCCCCO)c1ccc(Cl)cc1Cl. The van der Waals surface area contributed by atoms with Gasteiger partial charge in [0, 0.05) is 22.7 Å². The molecule has 2 N–H and O–H groups in total. The zero-order valence-electron chi connectivity index (χ0n) is 10.0. The molecule has 1 unspecified atom stereocenters. The minimum atomic E-state index is 0.249. The molecule has 0 heterocycles. The maximum atomic E-state index is 8.72. The van der Waals surface area contributed by atoms with Gasteiger partial charge in [-0.15, -0.1) is 0 Å². The standard InChI is InChI=1S/C13H19Cl2NO/c1-2-13(16-7-3-4-8-17)11-6-5-10(14)9-12(11)15/h5-6,9,13,16-17H,2-4,7-8H2,1H3. The molecule has 1 atom stereocenters.